The van der Waals surface area contributed by atoms with Crippen LogP contribution in [0.25, 0.3) is 5.69 Å². The first kappa shape index (κ1) is 19.8. The van der Waals surface area contributed by atoms with Crippen molar-refractivity contribution in [2.45, 2.75) is 31.4 Å². The summed E-state index contributed by atoms with van der Waals surface area (Å²) in [4.78, 5) is 12.3. The van der Waals surface area contributed by atoms with Crippen LogP contribution in [0, 0.1) is 0 Å². The Balaban J connectivity index is 1.60. The van der Waals surface area contributed by atoms with E-state index < -0.39 is 16.0 Å². The quantitative estimate of drug-likeness (QED) is 0.617. The van der Waals surface area contributed by atoms with Gasteiger partial charge in [0.05, 0.1) is 16.1 Å². The Bertz CT molecular complexity index is 1030. The molecule has 0 aliphatic rings. The predicted octanol–water partition coefficient (Wildman–Crippen LogP) is 2.92. The number of aromatic nitrogens is 2. The van der Waals surface area contributed by atoms with Gasteiger partial charge in [0.25, 0.3) is 0 Å². The number of carbonyl (C=O) groups is 1. The Labute approximate surface area is 164 Å². The van der Waals surface area contributed by atoms with Gasteiger partial charge in [0.2, 0.25) is 10.0 Å². The highest BCUT2D eigenvalue weighted by Crippen LogP contribution is 2.14. The first-order valence-corrected chi connectivity index (χ1v) is 10.2. The zero-order valence-corrected chi connectivity index (χ0v) is 16.4. The molecule has 3 rings (SSSR count). The number of carbonyl (C=O) groups excluding carboxylic acids is 1. The molecule has 0 unspecified atom stereocenters. The average Bonchev–Trinajstić information content (AvgIpc) is 3.20. The molecule has 0 aliphatic carbocycles. The maximum atomic E-state index is 12.2. The number of benzene rings is 2. The molecule has 146 valence electrons. The van der Waals surface area contributed by atoms with E-state index in [4.69, 9.17) is 4.74 Å². The highest BCUT2D eigenvalue weighted by atomic mass is 32.2. The van der Waals surface area contributed by atoms with Crippen molar-refractivity contribution in [3.05, 3.63) is 78.1 Å². The normalized spacial score (nSPS) is 11.5. The molecule has 1 heterocycles. The van der Waals surface area contributed by atoms with Gasteiger partial charge in [0.1, 0.15) is 6.61 Å². The Morgan fingerprint density at radius 1 is 1.11 bits per heavy atom. The molecule has 0 bridgehead atoms. The molecule has 0 saturated carbocycles. The monoisotopic (exact) mass is 399 g/mol. The van der Waals surface area contributed by atoms with E-state index in [9.17, 15) is 13.2 Å². The minimum atomic E-state index is -3.59. The van der Waals surface area contributed by atoms with Crippen LogP contribution in [0.1, 0.15) is 29.8 Å². The lowest BCUT2D eigenvalue weighted by molar-refractivity contribution is 0.0472. The van der Waals surface area contributed by atoms with Crippen LogP contribution in [0.4, 0.5) is 0 Å². The third-order valence-electron chi connectivity index (χ3n) is 3.87. The van der Waals surface area contributed by atoms with Crippen LogP contribution < -0.4 is 4.72 Å². The molecule has 0 saturated heterocycles. The fourth-order valence-corrected chi connectivity index (χ4v) is 3.80. The van der Waals surface area contributed by atoms with Crippen molar-refractivity contribution in [1.82, 2.24) is 14.5 Å². The Hall–Kier alpha value is -2.97. The summed E-state index contributed by atoms with van der Waals surface area (Å²) < 4.78 is 33.8. The van der Waals surface area contributed by atoms with Gasteiger partial charge in [-0.3, -0.25) is 0 Å². The largest absolute Gasteiger partial charge is 0.457 e. The Morgan fingerprint density at radius 2 is 1.79 bits per heavy atom. The second-order valence-electron chi connectivity index (χ2n) is 6.49. The topological polar surface area (TPSA) is 90.3 Å². The van der Waals surface area contributed by atoms with Gasteiger partial charge in [-0.15, -0.1) is 0 Å². The summed E-state index contributed by atoms with van der Waals surface area (Å²) in [6, 6.07) is 14.8. The van der Waals surface area contributed by atoms with Gasteiger partial charge in [0, 0.05) is 18.4 Å². The molecule has 0 aliphatic heterocycles. The van der Waals surface area contributed by atoms with Gasteiger partial charge in [-0.2, -0.15) is 5.10 Å². The van der Waals surface area contributed by atoms with Gasteiger partial charge in [-0.1, -0.05) is 12.1 Å². The second-order valence-corrected chi connectivity index (χ2v) is 8.21. The maximum absolute atomic E-state index is 12.2. The molecule has 0 atom stereocenters. The van der Waals surface area contributed by atoms with Crippen molar-refractivity contribution in [2.24, 2.45) is 0 Å². The van der Waals surface area contributed by atoms with Gasteiger partial charge in [-0.05, 0) is 61.9 Å². The minimum absolute atomic E-state index is 0.104. The molecule has 1 aromatic heterocycles. The molecule has 28 heavy (non-hydrogen) atoms. The maximum Gasteiger partial charge on any atom is 0.338 e. The number of nitrogens with one attached hydrogen (secondary N) is 1. The Morgan fingerprint density at radius 3 is 2.36 bits per heavy atom. The van der Waals surface area contributed by atoms with Crippen LogP contribution >= 0.6 is 0 Å². The molecule has 0 amide bonds. The van der Waals surface area contributed by atoms with Gasteiger partial charge in [-0.25, -0.2) is 22.6 Å². The number of ether oxygens (including phenoxy) is 1. The second kappa shape index (κ2) is 8.37. The van der Waals surface area contributed by atoms with Crippen LogP contribution in [0.15, 0.2) is 71.9 Å². The zero-order chi connectivity index (χ0) is 20.1. The summed E-state index contributed by atoms with van der Waals surface area (Å²) in [6.07, 6.45) is 3.54. The molecule has 8 heteroatoms. The Kier molecular flexibility index (Phi) is 5.91. The van der Waals surface area contributed by atoms with Crippen LogP contribution in [0.3, 0.4) is 0 Å². The number of rotatable bonds is 7. The fraction of sp³-hybridized carbons (Fsp3) is 0.200. The lowest BCUT2D eigenvalue weighted by atomic mass is 10.2. The van der Waals surface area contributed by atoms with Gasteiger partial charge in [0.15, 0.2) is 0 Å². The van der Waals surface area contributed by atoms with Crippen LogP contribution in [0.2, 0.25) is 0 Å². The minimum Gasteiger partial charge on any atom is -0.457 e. The smallest absolute Gasteiger partial charge is 0.338 e. The molecule has 0 radical (unpaired) electrons. The van der Waals surface area contributed by atoms with E-state index in [1.165, 1.54) is 24.3 Å². The predicted molar refractivity (Wildman–Crippen MR) is 105 cm³/mol. The first-order valence-electron chi connectivity index (χ1n) is 8.73. The summed E-state index contributed by atoms with van der Waals surface area (Å²) in [5.41, 5.74) is 2.04. The summed E-state index contributed by atoms with van der Waals surface area (Å²) in [7, 11) is -3.59. The summed E-state index contributed by atoms with van der Waals surface area (Å²) in [5, 5.41) is 4.15. The zero-order valence-electron chi connectivity index (χ0n) is 15.6. The molecule has 0 fully saturated rings. The van der Waals surface area contributed by atoms with Crippen molar-refractivity contribution >= 4 is 16.0 Å². The number of nitrogens with zero attached hydrogens (tertiary/aromatic N) is 2. The lowest BCUT2D eigenvalue weighted by Crippen LogP contribution is -2.30. The van der Waals surface area contributed by atoms with Crippen molar-refractivity contribution in [1.29, 1.82) is 0 Å². The van der Waals surface area contributed by atoms with E-state index in [1.54, 1.807) is 24.7 Å². The first-order chi connectivity index (χ1) is 13.3. The summed E-state index contributed by atoms with van der Waals surface area (Å²) >= 11 is 0. The van der Waals surface area contributed by atoms with E-state index >= 15 is 0 Å². The molecule has 2 aromatic carbocycles. The number of hydrogen-bond donors (Lipinski definition) is 1. The van der Waals surface area contributed by atoms with Gasteiger partial charge < -0.3 is 4.74 Å². The molecule has 1 N–H and O–H groups in total. The van der Waals surface area contributed by atoms with E-state index in [-0.39, 0.29) is 23.1 Å². The molecular formula is C20H21N3O4S. The van der Waals surface area contributed by atoms with Crippen molar-refractivity contribution in [2.75, 3.05) is 0 Å². The molecular weight excluding hydrogens is 378 g/mol. The van der Waals surface area contributed by atoms with Crippen LogP contribution in [0.5, 0.6) is 0 Å². The fourth-order valence-electron chi connectivity index (χ4n) is 2.55. The van der Waals surface area contributed by atoms with Crippen LogP contribution in [-0.4, -0.2) is 30.2 Å². The van der Waals surface area contributed by atoms with E-state index in [1.807, 2.05) is 36.5 Å². The lowest BCUT2D eigenvalue weighted by Gasteiger charge is -2.10. The van der Waals surface area contributed by atoms with Crippen LogP contribution in [-0.2, 0) is 21.4 Å². The highest BCUT2D eigenvalue weighted by Gasteiger charge is 2.16. The number of sulfonamides is 1. The number of hydrogen-bond acceptors (Lipinski definition) is 5. The van der Waals surface area contributed by atoms with E-state index in [0.29, 0.717) is 0 Å². The molecule has 7 nitrogen and oxygen atoms in total. The third-order valence-corrected chi connectivity index (χ3v) is 5.54. The molecule has 0 spiro atoms. The standard InChI is InChI=1S/C20H21N3O4S/c1-15(2)22-28(25,26)19-10-6-17(7-11-19)20(24)27-14-16-4-8-18(9-5-16)23-13-3-12-21-23/h3-13,15,22H,14H2,1-2H3. The van der Waals surface area contributed by atoms with Crippen molar-refractivity contribution in [3.8, 4) is 5.69 Å². The summed E-state index contributed by atoms with van der Waals surface area (Å²) in [6.45, 7) is 3.60. The van der Waals surface area contributed by atoms with Crippen molar-refractivity contribution < 1.29 is 17.9 Å². The van der Waals surface area contributed by atoms with Crippen molar-refractivity contribution in [3.63, 3.8) is 0 Å². The SMILES string of the molecule is CC(C)NS(=O)(=O)c1ccc(C(=O)OCc2ccc(-n3cccn3)cc2)cc1. The highest BCUT2D eigenvalue weighted by molar-refractivity contribution is 7.89. The summed E-state index contributed by atoms with van der Waals surface area (Å²) in [5.74, 6) is -0.517. The van der Waals surface area contributed by atoms with E-state index in [2.05, 4.69) is 9.82 Å². The van der Waals surface area contributed by atoms with E-state index in [0.717, 1.165) is 11.3 Å². The third kappa shape index (κ3) is 4.85. The van der Waals surface area contributed by atoms with Gasteiger partial charge >= 0.3 is 5.97 Å². The number of esters is 1. The average molecular weight is 399 g/mol. The molecule has 3 aromatic rings.